The van der Waals surface area contributed by atoms with E-state index in [1.807, 2.05) is 18.2 Å². The fourth-order valence-electron chi connectivity index (χ4n) is 3.80. The third-order valence-electron chi connectivity index (χ3n) is 5.53. The lowest BCUT2D eigenvalue weighted by Gasteiger charge is -2.23. The second-order valence-electron chi connectivity index (χ2n) is 7.96. The molecule has 3 heterocycles. The number of nitrogens with two attached hydrogens (primary N) is 1. The maximum Gasteiger partial charge on any atom is 0.231 e. The molecule has 0 aromatic heterocycles. The van der Waals surface area contributed by atoms with Crippen molar-refractivity contribution in [3.63, 3.8) is 0 Å². The van der Waals surface area contributed by atoms with Gasteiger partial charge in [-0.2, -0.15) is 0 Å². The van der Waals surface area contributed by atoms with E-state index in [1.165, 1.54) is 17.3 Å². The monoisotopic (exact) mass is 511 g/mol. The molecule has 0 radical (unpaired) electrons. The van der Waals surface area contributed by atoms with Gasteiger partial charge in [0.15, 0.2) is 34.0 Å². The summed E-state index contributed by atoms with van der Waals surface area (Å²) in [6.45, 7) is 5.43. The van der Waals surface area contributed by atoms with E-state index in [0.717, 1.165) is 27.5 Å². The largest absolute Gasteiger partial charge is 0.454 e. The molecule has 2 aromatic carbocycles. The molecule has 0 aliphatic carbocycles. The Kier molecular flexibility index (Phi) is 5.69. The number of rotatable bonds is 6. The molecule has 0 fully saturated rings. The number of benzene rings is 2. The summed E-state index contributed by atoms with van der Waals surface area (Å²) in [5.41, 5.74) is 8.06. The van der Waals surface area contributed by atoms with Crippen LogP contribution in [0.2, 0.25) is 0 Å². The van der Waals surface area contributed by atoms with E-state index < -0.39 is 0 Å². The first kappa shape index (κ1) is 21.1. The average Bonchev–Trinajstić information content (AvgIpc) is 3.41. The second-order valence-corrected chi connectivity index (χ2v) is 9.82. The molecule has 32 heavy (non-hydrogen) atoms. The summed E-state index contributed by atoms with van der Waals surface area (Å²) < 4.78 is 13.9. The van der Waals surface area contributed by atoms with E-state index in [2.05, 4.69) is 68.6 Å². The molecule has 2 N–H and O–H groups in total. The number of imidazole rings is 1. The quantitative estimate of drug-likeness (QED) is 0.368. The summed E-state index contributed by atoms with van der Waals surface area (Å²) in [4.78, 5) is 14.8. The Morgan fingerprint density at radius 2 is 1.88 bits per heavy atom. The van der Waals surface area contributed by atoms with Crippen LogP contribution in [0.3, 0.4) is 0 Å². The number of halogens is 1. The van der Waals surface area contributed by atoms with Crippen molar-refractivity contribution in [1.29, 1.82) is 0 Å². The topological polar surface area (TPSA) is 88.1 Å². The first-order valence-electron chi connectivity index (χ1n) is 10.3. The Hall–Kier alpha value is -2.78. The van der Waals surface area contributed by atoms with Crippen molar-refractivity contribution in [3.8, 4) is 23.0 Å². The molecule has 0 spiro atoms. The number of nitrogens with zero attached hydrogens (tertiary/aromatic N) is 4. The van der Waals surface area contributed by atoms with Gasteiger partial charge in [0.25, 0.3) is 0 Å². The molecule has 3 aliphatic heterocycles. The highest BCUT2D eigenvalue weighted by Gasteiger charge is 2.24. The average molecular weight is 512 g/mol. The van der Waals surface area contributed by atoms with E-state index in [0.29, 0.717) is 34.3 Å². The van der Waals surface area contributed by atoms with Crippen LogP contribution < -0.4 is 15.2 Å². The fraction of sp³-hybridized carbons (Fsp3) is 0.261. The first-order chi connectivity index (χ1) is 15.5. The zero-order valence-electron chi connectivity index (χ0n) is 17.7. The summed E-state index contributed by atoms with van der Waals surface area (Å²) in [6, 6.07) is 14.4. The van der Waals surface area contributed by atoms with E-state index in [-0.39, 0.29) is 6.79 Å². The molecular weight excluding hydrogens is 490 g/mol. The lowest BCUT2D eigenvalue weighted by atomic mass is 9.88. The van der Waals surface area contributed by atoms with Crippen LogP contribution in [0.25, 0.3) is 11.5 Å². The third kappa shape index (κ3) is 4.02. The molecule has 1 atom stereocenters. The second kappa shape index (κ2) is 8.63. The smallest absolute Gasteiger partial charge is 0.231 e. The van der Waals surface area contributed by atoms with Gasteiger partial charge in [0, 0.05) is 21.8 Å². The van der Waals surface area contributed by atoms with Crippen molar-refractivity contribution in [3.05, 3.63) is 58.8 Å². The number of hydrogen-bond donors (Lipinski definition) is 1. The summed E-state index contributed by atoms with van der Waals surface area (Å²) in [5, 5.41) is 0.605. The Bertz CT molecular complexity index is 1230. The minimum absolute atomic E-state index is 0.229. The van der Waals surface area contributed by atoms with Crippen molar-refractivity contribution in [2.45, 2.75) is 36.4 Å². The predicted molar refractivity (Wildman–Crippen MR) is 127 cm³/mol. The van der Waals surface area contributed by atoms with Gasteiger partial charge < -0.3 is 19.8 Å². The number of aromatic nitrogens is 4. The fourth-order valence-corrected chi connectivity index (χ4v) is 5.15. The summed E-state index contributed by atoms with van der Waals surface area (Å²) >= 11 is 5.04. The van der Waals surface area contributed by atoms with Gasteiger partial charge in [0.05, 0.1) is 6.33 Å². The van der Waals surface area contributed by atoms with Gasteiger partial charge in [0.1, 0.15) is 0 Å². The van der Waals surface area contributed by atoms with Gasteiger partial charge in [-0.25, -0.2) is 15.0 Å². The van der Waals surface area contributed by atoms with Gasteiger partial charge in [-0.1, -0.05) is 44.2 Å². The van der Waals surface area contributed by atoms with Gasteiger partial charge in [-0.15, -0.1) is 0 Å². The van der Waals surface area contributed by atoms with Crippen LogP contribution in [0.1, 0.15) is 25.3 Å². The molecule has 3 aliphatic rings. The van der Waals surface area contributed by atoms with Crippen LogP contribution in [0.4, 0.5) is 5.82 Å². The van der Waals surface area contributed by atoms with Gasteiger partial charge in [0.2, 0.25) is 6.79 Å². The molecular formula is C23H22BrN5O2S. The van der Waals surface area contributed by atoms with E-state index in [4.69, 9.17) is 20.2 Å². The molecule has 0 amide bonds. The summed E-state index contributed by atoms with van der Waals surface area (Å²) in [6.07, 6.45) is 1.76. The zero-order valence-corrected chi connectivity index (χ0v) is 20.1. The Labute approximate surface area is 198 Å². The highest BCUT2D eigenvalue weighted by atomic mass is 79.9. The number of hydrogen-bond acceptors (Lipinski definition) is 7. The number of ether oxygens (including phenoxy) is 2. The molecule has 0 saturated heterocycles. The van der Waals surface area contributed by atoms with Gasteiger partial charge >= 0.3 is 0 Å². The molecule has 0 saturated carbocycles. The van der Waals surface area contributed by atoms with Crippen LogP contribution in [0.5, 0.6) is 11.5 Å². The Balaban J connectivity index is 1.48. The summed E-state index contributed by atoms with van der Waals surface area (Å²) in [5.74, 6) is 3.30. The van der Waals surface area contributed by atoms with Crippen molar-refractivity contribution >= 4 is 33.5 Å². The number of anilines is 1. The number of nitrogen functional groups attached to an aromatic ring is 1. The SMILES string of the molecule is CC(C)C(Cn1cnc(N)c2nc(Sc3cc4c(cc3Br)OCO4)nc1-2)c1ccccc1. The third-order valence-corrected chi connectivity index (χ3v) is 7.37. The molecule has 2 aromatic rings. The minimum Gasteiger partial charge on any atom is -0.454 e. The van der Waals surface area contributed by atoms with E-state index in [9.17, 15) is 0 Å². The highest BCUT2D eigenvalue weighted by Crippen LogP contribution is 2.43. The van der Waals surface area contributed by atoms with Crippen LogP contribution >= 0.6 is 27.7 Å². The molecule has 0 bridgehead atoms. The number of fused-ring (bicyclic) bond motifs is 2. The first-order valence-corrected chi connectivity index (χ1v) is 11.9. The lowest BCUT2D eigenvalue weighted by molar-refractivity contribution is 0.174. The van der Waals surface area contributed by atoms with Gasteiger partial charge in [-0.3, -0.25) is 0 Å². The minimum atomic E-state index is 0.229. The maximum atomic E-state index is 6.16. The van der Waals surface area contributed by atoms with Crippen LogP contribution in [-0.2, 0) is 6.54 Å². The van der Waals surface area contributed by atoms with Gasteiger partial charge in [-0.05, 0) is 51.3 Å². The lowest BCUT2D eigenvalue weighted by Crippen LogP contribution is -2.17. The van der Waals surface area contributed by atoms with Crippen LogP contribution in [-0.4, -0.2) is 26.3 Å². The molecule has 9 heteroatoms. The van der Waals surface area contributed by atoms with Crippen LogP contribution in [0.15, 0.2) is 63.3 Å². The molecule has 164 valence electrons. The predicted octanol–water partition coefficient (Wildman–Crippen LogP) is 5.44. The normalized spacial score (nSPS) is 13.8. The van der Waals surface area contributed by atoms with Crippen molar-refractivity contribution < 1.29 is 9.47 Å². The molecule has 1 unspecified atom stereocenters. The van der Waals surface area contributed by atoms with Crippen LogP contribution in [0, 0.1) is 5.92 Å². The zero-order chi connectivity index (χ0) is 22.2. The Morgan fingerprint density at radius 3 is 2.62 bits per heavy atom. The standard InChI is InChI=1S/C23H22BrN5O2S/c1-13(2)15(14-6-4-3-5-7-14)10-29-11-26-21(25)20-22(29)28-23(27-20)32-19-9-18-17(8-16(19)24)30-12-31-18/h3-9,11,13,15H,10,12,25H2,1-2H3. The molecule has 7 nitrogen and oxygen atoms in total. The summed E-state index contributed by atoms with van der Waals surface area (Å²) in [7, 11) is 0. The molecule has 5 rings (SSSR count). The van der Waals surface area contributed by atoms with E-state index in [1.54, 1.807) is 6.33 Å². The van der Waals surface area contributed by atoms with Crippen molar-refractivity contribution in [1.82, 2.24) is 19.5 Å². The maximum absolute atomic E-state index is 6.16. The Morgan fingerprint density at radius 1 is 1.12 bits per heavy atom. The van der Waals surface area contributed by atoms with E-state index >= 15 is 0 Å². The highest BCUT2D eigenvalue weighted by molar-refractivity contribution is 9.10. The van der Waals surface area contributed by atoms with Crippen molar-refractivity contribution in [2.24, 2.45) is 5.92 Å². The van der Waals surface area contributed by atoms with Crippen molar-refractivity contribution in [2.75, 3.05) is 12.5 Å².